The number of nitrogens with zero attached hydrogens (tertiary/aromatic N) is 3. The minimum absolute atomic E-state index is 0.0359. The average molecular weight is 290 g/mol. The molecule has 1 N–H and O–H groups in total. The van der Waals surface area contributed by atoms with Crippen molar-refractivity contribution in [1.82, 2.24) is 15.1 Å². The molecule has 1 heterocycles. The number of rotatable bonds is 7. The fraction of sp³-hybridized carbons (Fsp3) is 0.357. The molecule has 21 heavy (non-hydrogen) atoms. The van der Waals surface area contributed by atoms with Crippen LogP contribution in [0.15, 0.2) is 30.5 Å². The van der Waals surface area contributed by atoms with Crippen molar-refractivity contribution in [3.05, 3.63) is 51.8 Å². The first kappa shape index (κ1) is 15.0. The highest BCUT2D eigenvalue weighted by Gasteiger charge is 2.16. The quantitative estimate of drug-likeness (QED) is 0.623. The molecule has 0 aliphatic carbocycles. The van der Waals surface area contributed by atoms with Gasteiger partial charge in [-0.1, -0.05) is 13.0 Å². The molecular formula is C14H18N4O3. The lowest BCUT2D eigenvalue weighted by Gasteiger charge is -2.08. The van der Waals surface area contributed by atoms with E-state index in [4.69, 9.17) is 4.74 Å². The van der Waals surface area contributed by atoms with E-state index in [0.29, 0.717) is 6.54 Å². The fourth-order valence-electron chi connectivity index (χ4n) is 1.90. The van der Waals surface area contributed by atoms with Crippen molar-refractivity contribution in [3.63, 3.8) is 0 Å². The molecule has 0 aliphatic rings. The standard InChI is InChI=1S/C14H18N4O3/c1-3-15-9-11-4-5-13(18(19)20)14(8-11)21-10-12-6-7-17(2)16-12/h4-8,15H,3,9-10H2,1-2H3. The maximum atomic E-state index is 11.1. The zero-order valence-corrected chi connectivity index (χ0v) is 12.1. The number of benzene rings is 1. The van der Waals surface area contributed by atoms with E-state index in [0.717, 1.165) is 17.8 Å². The third-order valence-electron chi connectivity index (χ3n) is 2.94. The van der Waals surface area contributed by atoms with Crippen molar-refractivity contribution in [2.75, 3.05) is 6.54 Å². The molecule has 0 saturated carbocycles. The van der Waals surface area contributed by atoms with E-state index in [1.165, 1.54) is 6.07 Å². The van der Waals surface area contributed by atoms with Crippen LogP contribution in [-0.2, 0) is 20.2 Å². The Morgan fingerprint density at radius 2 is 2.24 bits per heavy atom. The Bertz CT molecular complexity index is 624. The van der Waals surface area contributed by atoms with Gasteiger partial charge in [0.25, 0.3) is 0 Å². The maximum absolute atomic E-state index is 11.1. The highest BCUT2D eigenvalue weighted by Crippen LogP contribution is 2.28. The second-order valence-corrected chi connectivity index (χ2v) is 4.61. The monoisotopic (exact) mass is 290 g/mol. The molecule has 0 fully saturated rings. The second kappa shape index (κ2) is 6.85. The molecular weight excluding hydrogens is 272 g/mol. The smallest absolute Gasteiger partial charge is 0.310 e. The number of nitrogens with one attached hydrogen (secondary N) is 1. The summed E-state index contributed by atoms with van der Waals surface area (Å²) in [6.45, 7) is 3.69. The van der Waals surface area contributed by atoms with Crippen molar-refractivity contribution in [3.8, 4) is 5.75 Å². The number of nitro groups is 1. The van der Waals surface area contributed by atoms with E-state index in [9.17, 15) is 10.1 Å². The van der Waals surface area contributed by atoms with Crippen molar-refractivity contribution >= 4 is 5.69 Å². The predicted octanol–water partition coefficient (Wildman–Crippen LogP) is 2.02. The van der Waals surface area contributed by atoms with Crippen LogP contribution in [0.1, 0.15) is 18.2 Å². The minimum Gasteiger partial charge on any atom is -0.480 e. The summed E-state index contributed by atoms with van der Waals surface area (Å²) < 4.78 is 7.23. The largest absolute Gasteiger partial charge is 0.480 e. The molecule has 0 unspecified atom stereocenters. The zero-order valence-electron chi connectivity index (χ0n) is 12.1. The van der Waals surface area contributed by atoms with Crippen LogP contribution in [0, 0.1) is 10.1 Å². The molecule has 0 radical (unpaired) electrons. The van der Waals surface area contributed by atoms with Crippen LogP contribution in [0.25, 0.3) is 0 Å². The number of nitro benzene ring substituents is 1. The SMILES string of the molecule is CCNCc1ccc([N+](=O)[O-])c(OCc2ccn(C)n2)c1. The molecule has 1 aromatic carbocycles. The van der Waals surface area contributed by atoms with Crippen LogP contribution in [0.2, 0.25) is 0 Å². The predicted molar refractivity (Wildman–Crippen MR) is 78.0 cm³/mol. The molecule has 112 valence electrons. The van der Waals surface area contributed by atoms with Crippen LogP contribution in [0.5, 0.6) is 5.75 Å². The van der Waals surface area contributed by atoms with Gasteiger partial charge >= 0.3 is 5.69 Å². The van der Waals surface area contributed by atoms with Crippen LogP contribution >= 0.6 is 0 Å². The van der Waals surface area contributed by atoms with Gasteiger partial charge in [0, 0.05) is 25.9 Å². The Hall–Kier alpha value is -2.41. The van der Waals surface area contributed by atoms with Gasteiger partial charge in [-0.25, -0.2) is 0 Å². The van der Waals surface area contributed by atoms with E-state index >= 15 is 0 Å². The Labute approximate surface area is 122 Å². The molecule has 0 atom stereocenters. The van der Waals surface area contributed by atoms with E-state index in [-0.39, 0.29) is 18.0 Å². The molecule has 0 aliphatic heterocycles. The summed E-state index contributed by atoms with van der Waals surface area (Å²) in [5.41, 5.74) is 1.63. The van der Waals surface area contributed by atoms with Gasteiger partial charge in [-0.2, -0.15) is 5.10 Å². The summed E-state index contributed by atoms with van der Waals surface area (Å²) in [5.74, 6) is 0.265. The molecule has 1 aromatic heterocycles. The fourth-order valence-corrected chi connectivity index (χ4v) is 1.90. The molecule has 7 nitrogen and oxygen atoms in total. The Kier molecular flexibility index (Phi) is 4.89. The Morgan fingerprint density at radius 3 is 2.86 bits per heavy atom. The van der Waals surface area contributed by atoms with Gasteiger partial charge < -0.3 is 10.1 Å². The van der Waals surface area contributed by atoms with Crippen molar-refractivity contribution < 1.29 is 9.66 Å². The highest BCUT2D eigenvalue weighted by atomic mass is 16.6. The first-order valence-corrected chi connectivity index (χ1v) is 6.69. The molecule has 2 aromatic rings. The summed E-state index contributed by atoms with van der Waals surface area (Å²) in [7, 11) is 1.81. The van der Waals surface area contributed by atoms with Gasteiger partial charge in [-0.15, -0.1) is 0 Å². The summed E-state index contributed by atoms with van der Waals surface area (Å²) in [6.07, 6.45) is 1.80. The van der Waals surface area contributed by atoms with Gasteiger partial charge in [0.1, 0.15) is 6.61 Å². The van der Waals surface area contributed by atoms with Gasteiger partial charge in [-0.3, -0.25) is 14.8 Å². The van der Waals surface area contributed by atoms with Gasteiger partial charge in [-0.05, 0) is 24.2 Å². The van der Waals surface area contributed by atoms with Crippen molar-refractivity contribution in [2.45, 2.75) is 20.1 Å². The first-order chi connectivity index (χ1) is 10.1. The van der Waals surface area contributed by atoms with E-state index in [1.54, 1.807) is 23.0 Å². The Balaban J connectivity index is 2.15. The van der Waals surface area contributed by atoms with Gasteiger partial charge in [0.2, 0.25) is 0 Å². The lowest BCUT2D eigenvalue weighted by atomic mass is 10.2. The Morgan fingerprint density at radius 1 is 1.43 bits per heavy atom. The number of aryl methyl sites for hydroxylation is 1. The van der Waals surface area contributed by atoms with E-state index < -0.39 is 4.92 Å². The van der Waals surface area contributed by atoms with Crippen LogP contribution < -0.4 is 10.1 Å². The topological polar surface area (TPSA) is 82.2 Å². The zero-order chi connectivity index (χ0) is 15.2. The van der Waals surface area contributed by atoms with Crippen molar-refractivity contribution in [2.24, 2.45) is 7.05 Å². The van der Waals surface area contributed by atoms with Crippen LogP contribution in [0.3, 0.4) is 0 Å². The first-order valence-electron chi connectivity index (χ1n) is 6.69. The third kappa shape index (κ3) is 4.03. The van der Waals surface area contributed by atoms with Crippen molar-refractivity contribution in [1.29, 1.82) is 0 Å². The summed E-state index contributed by atoms with van der Waals surface area (Å²) in [6, 6.07) is 6.72. The normalized spacial score (nSPS) is 10.6. The molecule has 0 bridgehead atoms. The van der Waals surface area contributed by atoms with Gasteiger partial charge in [0.15, 0.2) is 5.75 Å². The van der Waals surface area contributed by atoms with Crippen LogP contribution in [0.4, 0.5) is 5.69 Å². The number of hydrogen-bond donors (Lipinski definition) is 1. The molecule has 0 spiro atoms. The lowest BCUT2D eigenvalue weighted by Crippen LogP contribution is -2.12. The summed E-state index contributed by atoms with van der Waals surface area (Å²) >= 11 is 0. The van der Waals surface area contributed by atoms with E-state index in [1.807, 2.05) is 20.0 Å². The molecule has 2 rings (SSSR count). The summed E-state index contributed by atoms with van der Waals surface area (Å²) in [4.78, 5) is 10.6. The second-order valence-electron chi connectivity index (χ2n) is 4.61. The summed E-state index contributed by atoms with van der Waals surface area (Å²) in [5, 5.41) is 18.4. The molecule has 0 saturated heterocycles. The highest BCUT2D eigenvalue weighted by molar-refractivity contribution is 5.48. The third-order valence-corrected chi connectivity index (χ3v) is 2.94. The van der Waals surface area contributed by atoms with Crippen LogP contribution in [-0.4, -0.2) is 21.2 Å². The average Bonchev–Trinajstić information content (AvgIpc) is 2.88. The van der Waals surface area contributed by atoms with Gasteiger partial charge in [0.05, 0.1) is 10.6 Å². The number of hydrogen-bond acceptors (Lipinski definition) is 5. The maximum Gasteiger partial charge on any atom is 0.310 e. The number of ether oxygens (including phenoxy) is 1. The molecule has 7 heteroatoms. The minimum atomic E-state index is -0.440. The van der Waals surface area contributed by atoms with E-state index in [2.05, 4.69) is 10.4 Å². The number of aromatic nitrogens is 2. The lowest BCUT2D eigenvalue weighted by molar-refractivity contribution is -0.386. The molecule has 0 amide bonds.